The van der Waals surface area contributed by atoms with Gasteiger partial charge in [-0.3, -0.25) is 0 Å². The first-order valence-electron chi connectivity index (χ1n) is 4.81. The van der Waals surface area contributed by atoms with Crippen LogP contribution in [0.5, 0.6) is 0 Å². The SMILES string of the molecule is CCCCSc1cccc(F)c1C(=O)O. The molecule has 4 heteroatoms. The predicted molar refractivity (Wildman–Crippen MR) is 59.0 cm³/mol. The highest BCUT2D eigenvalue weighted by Gasteiger charge is 2.15. The Morgan fingerprint density at radius 2 is 2.27 bits per heavy atom. The number of unbranched alkanes of at least 4 members (excludes halogenated alkanes) is 1. The van der Waals surface area contributed by atoms with Crippen LogP contribution in [0.25, 0.3) is 0 Å². The zero-order valence-corrected chi connectivity index (χ0v) is 9.31. The third kappa shape index (κ3) is 3.23. The molecule has 1 aromatic rings. The summed E-state index contributed by atoms with van der Waals surface area (Å²) in [5.74, 6) is -1.05. The van der Waals surface area contributed by atoms with E-state index in [0.717, 1.165) is 18.6 Å². The van der Waals surface area contributed by atoms with Gasteiger partial charge in [-0.1, -0.05) is 19.4 Å². The number of thioether (sulfide) groups is 1. The van der Waals surface area contributed by atoms with Crippen molar-refractivity contribution in [2.75, 3.05) is 5.75 Å². The van der Waals surface area contributed by atoms with E-state index < -0.39 is 11.8 Å². The molecule has 0 heterocycles. The van der Waals surface area contributed by atoms with Crippen molar-refractivity contribution < 1.29 is 14.3 Å². The second-order valence-electron chi connectivity index (χ2n) is 3.12. The van der Waals surface area contributed by atoms with E-state index in [0.29, 0.717) is 4.90 Å². The quantitative estimate of drug-likeness (QED) is 0.619. The number of carboxylic acids is 1. The van der Waals surface area contributed by atoms with Crippen LogP contribution in [-0.2, 0) is 0 Å². The van der Waals surface area contributed by atoms with Gasteiger partial charge in [0.2, 0.25) is 0 Å². The molecular formula is C11H13FO2S. The van der Waals surface area contributed by atoms with Crippen LogP contribution in [0.15, 0.2) is 23.1 Å². The van der Waals surface area contributed by atoms with Gasteiger partial charge in [0.1, 0.15) is 11.4 Å². The summed E-state index contributed by atoms with van der Waals surface area (Å²) in [6, 6.07) is 4.36. The molecule has 0 aliphatic rings. The van der Waals surface area contributed by atoms with E-state index in [1.54, 1.807) is 6.07 Å². The van der Waals surface area contributed by atoms with Gasteiger partial charge in [0, 0.05) is 4.90 Å². The Labute approximate surface area is 92.5 Å². The third-order valence-electron chi connectivity index (χ3n) is 1.94. The van der Waals surface area contributed by atoms with Gasteiger partial charge in [0.05, 0.1) is 0 Å². The number of rotatable bonds is 5. The van der Waals surface area contributed by atoms with E-state index in [-0.39, 0.29) is 5.56 Å². The Kier molecular flexibility index (Phi) is 4.62. The molecule has 0 aromatic heterocycles. The van der Waals surface area contributed by atoms with Crippen molar-refractivity contribution in [2.45, 2.75) is 24.7 Å². The molecule has 2 nitrogen and oxygen atoms in total. The van der Waals surface area contributed by atoms with Crippen molar-refractivity contribution in [1.82, 2.24) is 0 Å². The van der Waals surface area contributed by atoms with Crippen molar-refractivity contribution in [3.05, 3.63) is 29.6 Å². The monoisotopic (exact) mass is 228 g/mol. The van der Waals surface area contributed by atoms with Crippen LogP contribution in [0.2, 0.25) is 0 Å². The third-order valence-corrected chi connectivity index (χ3v) is 3.09. The van der Waals surface area contributed by atoms with Gasteiger partial charge in [0.25, 0.3) is 0 Å². The van der Waals surface area contributed by atoms with Crippen LogP contribution < -0.4 is 0 Å². The summed E-state index contributed by atoms with van der Waals surface area (Å²) in [6.07, 6.45) is 2.05. The van der Waals surface area contributed by atoms with E-state index in [1.165, 1.54) is 23.9 Å². The lowest BCUT2D eigenvalue weighted by atomic mass is 10.2. The summed E-state index contributed by atoms with van der Waals surface area (Å²) < 4.78 is 13.2. The second-order valence-corrected chi connectivity index (χ2v) is 4.26. The summed E-state index contributed by atoms with van der Waals surface area (Å²) in [7, 11) is 0. The smallest absolute Gasteiger partial charge is 0.339 e. The molecule has 15 heavy (non-hydrogen) atoms. The molecule has 0 aliphatic carbocycles. The van der Waals surface area contributed by atoms with E-state index in [9.17, 15) is 9.18 Å². The Balaban J connectivity index is 2.86. The molecule has 0 radical (unpaired) electrons. The van der Waals surface area contributed by atoms with Crippen molar-refractivity contribution in [2.24, 2.45) is 0 Å². The highest BCUT2D eigenvalue weighted by atomic mass is 32.2. The molecule has 0 fully saturated rings. The Bertz CT molecular complexity index is 352. The first-order valence-corrected chi connectivity index (χ1v) is 5.80. The zero-order chi connectivity index (χ0) is 11.3. The van der Waals surface area contributed by atoms with E-state index in [4.69, 9.17) is 5.11 Å². The first-order chi connectivity index (χ1) is 7.16. The van der Waals surface area contributed by atoms with Crippen LogP contribution in [0.1, 0.15) is 30.1 Å². The van der Waals surface area contributed by atoms with Gasteiger partial charge in [-0.05, 0) is 24.3 Å². The lowest BCUT2D eigenvalue weighted by molar-refractivity contribution is 0.0688. The highest BCUT2D eigenvalue weighted by Crippen LogP contribution is 2.25. The average Bonchev–Trinajstić information content (AvgIpc) is 2.17. The van der Waals surface area contributed by atoms with Crippen molar-refractivity contribution in [3.63, 3.8) is 0 Å². The molecule has 0 spiro atoms. The number of hydrogen-bond acceptors (Lipinski definition) is 2. The minimum absolute atomic E-state index is 0.210. The Hall–Kier alpha value is -1.03. The number of halogens is 1. The normalized spacial score (nSPS) is 10.3. The summed E-state index contributed by atoms with van der Waals surface area (Å²) in [5.41, 5.74) is -0.210. The Morgan fingerprint density at radius 3 is 2.87 bits per heavy atom. The van der Waals surface area contributed by atoms with E-state index in [2.05, 4.69) is 6.92 Å². The molecule has 0 bridgehead atoms. The predicted octanol–water partition coefficient (Wildman–Crippen LogP) is 3.42. The van der Waals surface area contributed by atoms with Gasteiger partial charge in [0.15, 0.2) is 0 Å². The van der Waals surface area contributed by atoms with Crippen LogP contribution in [0.4, 0.5) is 4.39 Å². The fraction of sp³-hybridized carbons (Fsp3) is 0.364. The molecule has 0 unspecified atom stereocenters. The number of carbonyl (C=O) groups is 1. The lowest BCUT2D eigenvalue weighted by Crippen LogP contribution is -2.02. The molecular weight excluding hydrogens is 215 g/mol. The molecule has 0 saturated carbocycles. The molecule has 82 valence electrons. The first kappa shape index (κ1) is 12.0. The zero-order valence-electron chi connectivity index (χ0n) is 8.50. The summed E-state index contributed by atoms with van der Waals surface area (Å²) >= 11 is 1.39. The van der Waals surface area contributed by atoms with Gasteiger partial charge < -0.3 is 5.11 Å². The van der Waals surface area contributed by atoms with E-state index >= 15 is 0 Å². The molecule has 1 rings (SSSR count). The largest absolute Gasteiger partial charge is 0.478 e. The minimum atomic E-state index is -1.20. The topological polar surface area (TPSA) is 37.3 Å². The maximum Gasteiger partial charge on any atom is 0.339 e. The van der Waals surface area contributed by atoms with Crippen LogP contribution in [0.3, 0.4) is 0 Å². The van der Waals surface area contributed by atoms with Crippen LogP contribution in [0, 0.1) is 5.82 Å². The van der Waals surface area contributed by atoms with E-state index in [1.807, 2.05) is 0 Å². The van der Waals surface area contributed by atoms with Crippen LogP contribution >= 0.6 is 11.8 Å². The summed E-state index contributed by atoms with van der Waals surface area (Å²) in [5, 5.41) is 8.85. The number of aromatic carboxylic acids is 1. The lowest BCUT2D eigenvalue weighted by Gasteiger charge is -2.05. The maximum absolute atomic E-state index is 13.2. The van der Waals surface area contributed by atoms with Gasteiger partial charge >= 0.3 is 5.97 Å². The molecule has 0 aliphatic heterocycles. The highest BCUT2D eigenvalue weighted by molar-refractivity contribution is 7.99. The van der Waals surface area contributed by atoms with Crippen LogP contribution in [-0.4, -0.2) is 16.8 Å². The average molecular weight is 228 g/mol. The van der Waals surface area contributed by atoms with Gasteiger partial charge in [-0.2, -0.15) is 0 Å². The van der Waals surface area contributed by atoms with Gasteiger partial charge in [-0.15, -0.1) is 11.8 Å². The summed E-state index contributed by atoms with van der Waals surface area (Å²) in [4.78, 5) is 11.3. The van der Waals surface area contributed by atoms with Crippen molar-refractivity contribution >= 4 is 17.7 Å². The molecule has 0 saturated heterocycles. The number of benzene rings is 1. The molecule has 1 aromatic carbocycles. The van der Waals surface area contributed by atoms with Gasteiger partial charge in [-0.25, -0.2) is 9.18 Å². The Morgan fingerprint density at radius 1 is 1.53 bits per heavy atom. The second kappa shape index (κ2) is 5.75. The molecule has 0 atom stereocenters. The number of carboxylic acid groups (broad SMARTS) is 1. The fourth-order valence-corrected chi connectivity index (χ4v) is 2.32. The standard InChI is InChI=1S/C11H13FO2S/c1-2-3-7-15-9-6-4-5-8(12)10(9)11(13)14/h4-6H,2-3,7H2,1H3,(H,13,14). The summed E-state index contributed by atoms with van der Waals surface area (Å²) in [6.45, 7) is 2.06. The fourth-order valence-electron chi connectivity index (χ4n) is 1.16. The van der Waals surface area contributed by atoms with Crippen molar-refractivity contribution in [3.8, 4) is 0 Å². The maximum atomic E-state index is 13.2. The number of hydrogen-bond donors (Lipinski definition) is 1. The molecule has 1 N–H and O–H groups in total. The molecule has 0 amide bonds. The van der Waals surface area contributed by atoms with Crippen molar-refractivity contribution in [1.29, 1.82) is 0 Å². The minimum Gasteiger partial charge on any atom is -0.478 e.